The zero-order valence-electron chi connectivity index (χ0n) is 11.1. The van der Waals surface area contributed by atoms with Crippen molar-refractivity contribution in [1.82, 2.24) is 0 Å². The molecule has 2 rings (SSSR count). The smallest absolute Gasteiger partial charge is 0.262 e. The lowest BCUT2D eigenvalue weighted by molar-refractivity contribution is 0.601. The summed E-state index contributed by atoms with van der Waals surface area (Å²) in [4.78, 5) is 1.09. The summed E-state index contributed by atoms with van der Waals surface area (Å²) in [6.45, 7) is 4.19. The molecule has 0 amide bonds. The fourth-order valence-corrected chi connectivity index (χ4v) is 4.25. The van der Waals surface area contributed by atoms with E-state index >= 15 is 0 Å². The maximum absolute atomic E-state index is 12.3. The molecule has 20 heavy (non-hydrogen) atoms. The average Bonchev–Trinajstić information content (AvgIpc) is 2.85. The van der Waals surface area contributed by atoms with Crippen molar-refractivity contribution in [2.75, 3.05) is 4.72 Å². The molecule has 0 unspecified atom stereocenters. The first-order chi connectivity index (χ1) is 9.33. The van der Waals surface area contributed by atoms with E-state index in [9.17, 15) is 8.42 Å². The number of benzene rings is 1. The predicted molar refractivity (Wildman–Crippen MR) is 86.6 cm³/mol. The van der Waals surface area contributed by atoms with Crippen LogP contribution in [0.15, 0.2) is 32.9 Å². The molecular formula is C13H15BrN2O2S2. The second kappa shape index (κ2) is 5.85. The van der Waals surface area contributed by atoms with Gasteiger partial charge >= 0.3 is 0 Å². The fraction of sp³-hybridized carbons (Fsp3) is 0.231. The van der Waals surface area contributed by atoms with Gasteiger partial charge in [-0.25, -0.2) is 8.42 Å². The maximum Gasteiger partial charge on any atom is 0.262 e. The highest BCUT2D eigenvalue weighted by Crippen LogP contribution is 2.27. The Kier molecular flexibility index (Phi) is 4.53. The van der Waals surface area contributed by atoms with Crippen LogP contribution >= 0.6 is 27.3 Å². The molecule has 0 saturated carbocycles. The van der Waals surface area contributed by atoms with Gasteiger partial charge in [-0.3, -0.25) is 4.72 Å². The number of thiophene rings is 1. The van der Waals surface area contributed by atoms with Crippen LogP contribution in [0.4, 0.5) is 5.69 Å². The quantitative estimate of drug-likeness (QED) is 0.861. The van der Waals surface area contributed by atoms with Gasteiger partial charge < -0.3 is 5.73 Å². The van der Waals surface area contributed by atoms with Crippen molar-refractivity contribution in [2.24, 2.45) is 5.73 Å². The van der Waals surface area contributed by atoms with Crippen molar-refractivity contribution in [2.45, 2.75) is 25.3 Å². The van der Waals surface area contributed by atoms with E-state index in [0.717, 1.165) is 20.5 Å². The number of nitrogens with one attached hydrogen (secondary N) is 1. The molecule has 0 aliphatic carbocycles. The normalized spacial score (nSPS) is 11.6. The first-order valence-electron chi connectivity index (χ1n) is 5.90. The van der Waals surface area contributed by atoms with Crippen molar-refractivity contribution in [1.29, 1.82) is 0 Å². The lowest BCUT2D eigenvalue weighted by Crippen LogP contribution is -2.12. The zero-order valence-corrected chi connectivity index (χ0v) is 14.3. The SMILES string of the molecule is Cc1cc(NS(=O)(=O)c2csc(CN)c2)cc(C)c1Br. The summed E-state index contributed by atoms with van der Waals surface area (Å²) in [5.41, 5.74) is 8.03. The Morgan fingerprint density at radius 2 is 1.85 bits per heavy atom. The lowest BCUT2D eigenvalue weighted by Gasteiger charge is -2.10. The van der Waals surface area contributed by atoms with Crippen LogP contribution in [0, 0.1) is 13.8 Å². The Morgan fingerprint density at radius 3 is 2.35 bits per heavy atom. The second-order valence-corrected chi connectivity index (χ2v) is 7.95. The third-order valence-electron chi connectivity index (χ3n) is 2.83. The summed E-state index contributed by atoms with van der Waals surface area (Å²) in [6.07, 6.45) is 0. The molecule has 1 aromatic carbocycles. The summed E-state index contributed by atoms with van der Waals surface area (Å²) in [7, 11) is -3.56. The first kappa shape index (κ1) is 15.5. The molecule has 0 bridgehead atoms. The Hall–Kier alpha value is -0.890. The number of sulfonamides is 1. The maximum atomic E-state index is 12.3. The van der Waals surface area contributed by atoms with Gasteiger partial charge in [0.05, 0.1) is 4.90 Å². The highest BCUT2D eigenvalue weighted by atomic mass is 79.9. The van der Waals surface area contributed by atoms with Gasteiger partial charge in [0.2, 0.25) is 0 Å². The highest BCUT2D eigenvalue weighted by molar-refractivity contribution is 9.10. The molecule has 108 valence electrons. The first-order valence-corrected chi connectivity index (χ1v) is 9.06. The molecule has 0 radical (unpaired) electrons. The van der Waals surface area contributed by atoms with Gasteiger partial charge in [0.25, 0.3) is 10.0 Å². The Balaban J connectivity index is 2.33. The molecule has 4 nitrogen and oxygen atoms in total. The fourth-order valence-electron chi connectivity index (χ4n) is 1.83. The van der Waals surface area contributed by atoms with Gasteiger partial charge in [0.15, 0.2) is 0 Å². The monoisotopic (exact) mass is 374 g/mol. The molecule has 0 saturated heterocycles. The molecule has 0 aliphatic rings. The van der Waals surface area contributed by atoms with Gasteiger partial charge in [-0.15, -0.1) is 11.3 Å². The van der Waals surface area contributed by atoms with Crippen LogP contribution in [0.3, 0.4) is 0 Å². The zero-order chi connectivity index (χ0) is 14.9. The number of hydrogen-bond acceptors (Lipinski definition) is 4. The standard InChI is InChI=1S/C13H15BrN2O2S2/c1-8-3-10(4-9(2)13(8)14)16-20(17,18)12-5-11(6-15)19-7-12/h3-5,7,16H,6,15H2,1-2H3. The van der Waals surface area contributed by atoms with Crippen molar-refractivity contribution in [3.05, 3.63) is 44.1 Å². The minimum absolute atomic E-state index is 0.251. The van der Waals surface area contributed by atoms with E-state index in [2.05, 4.69) is 20.7 Å². The van der Waals surface area contributed by atoms with E-state index in [1.54, 1.807) is 23.6 Å². The minimum atomic E-state index is -3.56. The van der Waals surface area contributed by atoms with Gasteiger partial charge in [0.1, 0.15) is 0 Å². The Morgan fingerprint density at radius 1 is 1.25 bits per heavy atom. The highest BCUT2D eigenvalue weighted by Gasteiger charge is 2.17. The van der Waals surface area contributed by atoms with Gasteiger partial charge in [-0.2, -0.15) is 0 Å². The summed E-state index contributed by atoms with van der Waals surface area (Å²) >= 11 is 4.81. The Bertz CT molecular complexity index is 716. The van der Waals surface area contributed by atoms with Crippen LogP contribution in [0.5, 0.6) is 0 Å². The number of hydrogen-bond donors (Lipinski definition) is 2. The molecule has 0 aliphatic heterocycles. The van der Waals surface area contributed by atoms with Crippen LogP contribution in [-0.4, -0.2) is 8.42 Å². The number of nitrogens with two attached hydrogens (primary N) is 1. The topological polar surface area (TPSA) is 72.2 Å². The van der Waals surface area contributed by atoms with Crippen LogP contribution in [-0.2, 0) is 16.6 Å². The predicted octanol–water partition coefficient (Wildman–Crippen LogP) is 3.39. The summed E-state index contributed by atoms with van der Waals surface area (Å²) in [5.74, 6) is 0. The number of halogens is 1. The molecule has 0 fully saturated rings. The number of anilines is 1. The van der Waals surface area contributed by atoms with Crippen LogP contribution < -0.4 is 10.5 Å². The molecule has 0 atom stereocenters. The molecule has 3 N–H and O–H groups in total. The third-order valence-corrected chi connectivity index (χ3v) is 6.55. The second-order valence-electron chi connectivity index (χ2n) is 4.48. The molecule has 2 aromatic rings. The summed E-state index contributed by atoms with van der Waals surface area (Å²) in [5, 5.41) is 1.60. The van der Waals surface area contributed by atoms with E-state index < -0.39 is 10.0 Å². The van der Waals surface area contributed by atoms with Crippen LogP contribution in [0.1, 0.15) is 16.0 Å². The van der Waals surface area contributed by atoms with Gasteiger partial charge in [-0.05, 0) is 43.2 Å². The minimum Gasteiger partial charge on any atom is -0.326 e. The average molecular weight is 375 g/mol. The number of aryl methyl sites for hydroxylation is 2. The lowest BCUT2D eigenvalue weighted by atomic mass is 10.1. The number of rotatable bonds is 4. The third kappa shape index (κ3) is 3.22. The molecule has 1 aromatic heterocycles. The van der Waals surface area contributed by atoms with Crippen LogP contribution in [0.25, 0.3) is 0 Å². The van der Waals surface area contributed by atoms with E-state index in [-0.39, 0.29) is 4.90 Å². The van der Waals surface area contributed by atoms with Crippen LogP contribution in [0.2, 0.25) is 0 Å². The van der Waals surface area contributed by atoms with E-state index in [4.69, 9.17) is 5.73 Å². The van der Waals surface area contributed by atoms with Gasteiger partial charge in [0, 0.05) is 27.0 Å². The van der Waals surface area contributed by atoms with E-state index in [0.29, 0.717) is 12.2 Å². The largest absolute Gasteiger partial charge is 0.326 e. The van der Waals surface area contributed by atoms with E-state index in [1.165, 1.54) is 11.3 Å². The molecule has 0 spiro atoms. The van der Waals surface area contributed by atoms with Crippen molar-refractivity contribution in [3.63, 3.8) is 0 Å². The molecular weight excluding hydrogens is 360 g/mol. The summed E-state index contributed by atoms with van der Waals surface area (Å²) in [6, 6.07) is 5.20. The Labute approximate surface area is 131 Å². The molecule has 7 heteroatoms. The van der Waals surface area contributed by atoms with Crippen molar-refractivity contribution < 1.29 is 8.42 Å². The van der Waals surface area contributed by atoms with Crippen molar-refractivity contribution in [3.8, 4) is 0 Å². The summed E-state index contributed by atoms with van der Waals surface area (Å²) < 4.78 is 28.1. The van der Waals surface area contributed by atoms with Gasteiger partial charge in [-0.1, -0.05) is 15.9 Å². The molecule has 1 heterocycles. The van der Waals surface area contributed by atoms with Crippen molar-refractivity contribution >= 4 is 43.0 Å². The van der Waals surface area contributed by atoms with E-state index in [1.807, 2.05) is 13.8 Å².